The molecule has 1 N–H and O–H groups in total. The van der Waals surface area contributed by atoms with E-state index >= 15 is 0 Å². The number of rotatable bonds is 3. The summed E-state index contributed by atoms with van der Waals surface area (Å²) in [4.78, 5) is 28.7. The predicted molar refractivity (Wildman–Crippen MR) is 162 cm³/mol. The lowest BCUT2D eigenvalue weighted by atomic mass is 9.70. The summed E-state index contributed by atoms with van der Waals surface area (Å²) >= 11 is 6.51. The average Bonchev–Trinajstić information content (AvgIpc) is 3.09. The van der Waals surface area contributed by atoms with Crippen LogP contribution in [0.4, 0.5) is 5.69 Å². The van der Waals surface area contributed by atoms with Crippen LogP contribution in [0.3, 0.4) is 0 Å². The summed E-state index contributed by atoms with van der Waals surface area (Å²) in [5, 5.41) is -0.236. The van der Waals surface area contributed by atoms with Gasteiger partial charge in [0, 0.05) is 30.5 Å². The Kier molecular flexibility index (Phi) is 9.21. The quantitative estimate of drug-likeness (QED) is 0.432. The smallest absolute Gasteiger partial charge is 0.263 e. The highest BCUT2D eigenvalue weighted by molar-refractivity contribution is 7.84. The lowest BCUT2D eigenvalue weighted by Gasteiger charge is -2.40. The van der Waals surface area contributed by atoms with E-state index in [1.807, 2.05) is 32.1 Å². The third-order valence-corrected chi connectivity index (χ3v) is 11.0. The molecule has 4 aliphatic rings. The minimum atomic E-state index is -1.55. The number of nitrogens with one attached hydrogen (secondary N) is 1. The minimum Gasteiger partial charge on any atom is -0.491 e. The number of halogens is 1. The van der Waals surface area contributed by atoms with Gasteiger partial charge in [0.05, 0.1) is 22.9 Å². The first-order chi connectivity index (χ1) is 19.2. The molecule has 1 amide bonds. The Hall–Kier alpha value is -2.38. The van der Waals surface area contributed by atoms with Crippen LogP contribution in [0, 0.1) is 23.7 Å². The SMILES string of the molecule is CCCC1=C(C2COc3ccc4cc3N(C2)CC2CCC2C(=O)/C=C/CC(C)C(C)S(=O)NC4=O)C=CC(Cl)C1. The zero-order chi connectivity index (χ0) is 28.4. The molecule has 1 aromatic carbocycles. The lowest BCUT2D eigenvalue weighted by Crippen LogP contribution is -2.43. The average molecular weight is 585 g/mol. The van der Waals surface area contributed by atoms with Crippen molar-refractivity contribution in [3.05, 3.63) is 59.2 Å². The molecule has 2 heterocycles. The molecule has 2 aliphatic carbocycles. The van der Waals surface area contributed by atoms with Gasteiger partial charge in [0.25, 0.3) is 5.91 Å². The van der Waals surface area contributed by atoms with Gasteiger partial charge in [0.2, 0.25) is 0 Å². The molecular formula is C32H41ClN2O4S. The van der Waals surface area contributed by atoms with E-state index in [4.69, 9.17) is 16.3 Å². The van der Waals surface area contributed by atoms with Crippen LogP contribution in [-0.4, -0.2) is 46.2 Å². The fourth-order valence-corrected chi connectivity index (χ4v) is 7.61. The number of alkyl halides is 1. The fraction of sp³-hybridized carbons (Fsp3) is 0.562. The van der Waals surface area contributed by atoms with Crippen molar-refractivity contribution in [1.82, 2.24) is 4.72 Å². The van der Waals surface area contributed by atoms with E-state index in [-0.39, 0.29) is 46.0 Å². The molecule has 1 fully saturated rings. The van der Waals surface area contributed by atoms with Crippen molar-refractivity contribution in [3.8, 4) is 5.75 Å². The molecule has 2 aliphatic heterocycles. The van der Waals surface area contributed by atoms with Gasteiger partial charge in [-0.2, -0.15) is 0 Å². The number of ether oxygens (including phenoxy) is 1. The Bertz CT molecular complexity index is 1260. The van der Waals surface area contributed by atoms with Crippen molar-refractivity contribution in [2.24, 2.45) is 23.7 Å². The van der Waals surface area contributed by atoms with Crippen molar-refractivity contribution in [3.63, 3.8) is 0 Å². The highest BCUT2D eigenvalue weighted by Gasteiger charge is 2.38. The third-order valence-electron chi connectivity index (χ3n) is 9.13. The summed E-state index contributed by atoms with van der Waals surface area (Å²) in [6.07, 6.45) is 13.4. The van der Waals surface area contributed by atoms with Crippen molar-refractivity contribution in [2.45, 2.75) is 69.9 Å². The number of allylic oxidation sites excluding steroid dienone is 5. The van der Waals surface area contributed by atoms with E-state index in [1.165, 1.54) is 11.1 Å². The number of amides is 1. The molecule has 6 nitrogen and oxygen atoms in total. The number of anilines is 1. The first-order valence-corrected chi connectivity index (χ1v) is 16.4. The summed E-state index contributed by atoms with van der Waals surface area (Å²) in [6.45, 7) is 8.06. The number of carbonyl (C=O) groups is 2. The van der Waals surface area contributed by atoms with E-state index in [9.17, 15) is 13.8 Å². The topological polar surface area (TPSA) is 75.7 Å². The van der Waals surface area contributed by atoms with Crippen molar-refractivity contribution in [1.29, 1.82) is 0 Å². The highest BCUT2D eigenvalue weighted by Crippen LogP contribution is 2.42. The van der Waals surface area contributed by atoms with Gasteiger partial charge >= 0.3 is 0 Å². The molecule has 0 spiro atoms. The maximum Gasteiger partial charge on any atom is 0.263 e. The van der Waals surface area contributed by atoms with E-state index in [0.717, 1.165) is 56.6 Å². The van der Waals surface area contributed by atoms with Crippen LogP contribution < -0.4 is 14.4 Å². The molecule has 7 atom stereocenters. The standard InChI is InChI=1S/C32H41ClN2O4S/c1-4-6-22-15-26(33)11-13-27(22)25-18-35-17-24-9-12-28(24)30(36)8-5-7-20(2)21(3)40(38)34-32(37)23-10-14-31(39-19-25)29(35)16-23/h5,8,10-11,13-14,16,20-21,24-26,28H,4,6-7,9,12,15,17-19H2,1-3H3,(H,34,37)/b8-5+. The van der Waals surface area contributed by atoms with Crippen LogP contribution in [0.2, 0.25) is 0 Å². The van der Waals surface area contributed by atoms with Gasteiger partial charge in [0.1, 0.15) is 16.7 Å². The lowest BCUT2D eigenvalue weighted by molar-refractivity contribution is -0.122. The van der Waals surface area contributed by atoms with Crippen LogP contribution in [0.1, 0.15) is 69.7 Å². The van der Waals surface area contributed by atoms with E-state index in [0.29, 0.717) is 18.6 Å². The van der Waals surface area contributed by atoms with Gasteiger partial charge in [-0.15, -0.1) is 11.6 Å². The molecule has 216 valence electrons. The summed E-state index contributed by atoms with van der Waals surface area (Å²) in [6, 6.07) is 5.48. The summed E-state index contributed by atoms with van der Waals surface area (Å²) in [5.41, 5.74) is 4.02. The second kappa shape index (κ2) is 12.6. The Balaban J connectivity index is 1.51. The van der Waals surface area contributed by atoms with Crippen LogP contribution in [0.25, 0.3) is 0 Å². The Morgan fingerprint density at radius 2 is 1.98 bits per heavy atom. The van der Waals surface area contributed by atoms with Gasteiger partial charge < -0.3 is 9.64 Å². The molecular weight excluding hydrogens is 544 g/mol. The number of hydrogen-bond acceptors (Lipinski definition) is 5. The number of hydrogen-bond donors (Lipinski definition) is 1. The Morgan fingerprint density at radius 3 is 2.73 bits per heavy atom. The number of fused-ring (bicyclic) bond motifs is 2. The number of benzene rings is 1. The zero-order valence-corrected chi connectivity index (χ0v) is 25.3. The van der Waals surface area contributed by atoms with Gasteiger partial charge in [-0.25, -0.2) is 4.21 Å². The molecule has 0 radical (unpaired) electrons. The van der Waals surface area contributed by atoms with Crippen LogP contribution in [-0.2, 0) is 15.8 Å². The van der Waals surface area contributed by atoms with E-state index in [2.05, 4.69) is 28.7 Å². The van der Waals surface area contributed by atoms with Crippen LogP contribution in [0.5, 0.6) is 5.75 Å². The Labute approximate surface area is 245 Å². The summed E-state index contributed by atoms with van der Waals surface area (Å²) in [5.74, 6) is 1.01. The monoisotopic (exact) mass is 584 g/mol. The summed E-state index contributed by atoms with van der Waals surface area (Å²) < 4.78 is 22.1. The number of carbonyl (C=O) groups excluding carboxylic acids is 2. The largest absolute Gasteiger partial charge is 0.491 e. The molecule has 2 bridgehead atoms. The number of nitrogens with zero attached hydrogens (tertiary/aromatic N) is 1. The van der Waals surface area contributed by atoms with Crippen molar-refractivity contribution in [2.75, 3.05) is 24.6 Å². The van der Waals surface area contributed by atoms with E-state index in [1.54, 1.807) is 12.1 Å². The molecule has 7 unspecified atom stereocenters. The van der Waals surface area contributed by atoms with Crippen molar-refractivity contribution < 1.29 is 18.5 Å². The van der Waals surface area contributed by atoms with Gasteiger partial charge in [-0.1, -0.05) is 44.1 Å². The first kappa shape index (κ1) is 29.1. The zero-order valence-electron chi connectivity index (χ0n) is 23.7. The van der Waals surface area contributed by atoms with Gasteiger partial charge in [-0.3, -0.25) is 14.3 Å². The van der Waals surface area contributed by atoms with Crippen LogP contribution in [0.15, 0.2) is 53.6 Å². The van der Waals surface area contributed by atoms with Gasteiger partial charge in [-0.05, 0) is 80.7 Å². The number of ketones is 1. The molecule has 1 aromatic rings. The van der Waals surface area contributed by atoms with E-state index < -0.39 is 11.0 Å². The molecule has 0 saturated heterocycles. The maximum atomic E-state index is 13.2. The van der Waals surface area contributed by atoms with Crippen molar-refractivity contribution >= 4 is 40.0 Å². The predicted octanol–water partition coefficient (Wildman–Crippen LogP) is 6.14. The second-order valence-corrected chi connectivity index (χ2v) is 14.0. The molecule has 0 aromatic heterocycles. The first-order valence-electron chi connectivity index (χ1n) is 14.7. The third kappa shape index (κ3) is 6.25. The molecule has 8 heteroatoms. The minimum absolute atomic E-state index is 0.00465. The maximum absolute atomic E-state index is 13.2. The Morgan fingerprint density at radius 1 is 1.15 bits per heavy atom. The van der Waals surface area contributed by atoms with Gasteiger partial charge in [0.15, 0.2) is 5.78 Å². The summed E-state index contributed by atoms with van der Waals surface area (Å²) in [7, 11) is -1.55. The van der Waals surface area contributed by atoms with Crippen LogP contribution >= 0.6 is 11.6 Å². The second-order valence-electron chi connectivity index (χ2n) is 11.9. The molecule has 1 saturated carbocycles. The normalized spacial score (nSPS) is 33.8. The highest BCUT2D eigenvalue weighted by atomic mass is 35.5. The molecule has 5 rings (SSSR count). The molecule has 40 heavy (non-hydrogen) atoms. The fourth-order valence-electron chi connectivity index (χ4n) is 6.33.